The highest BCUT2D eigenvalue weighted by molar-refractivity contribution is 5.80. The lowest BCUT2D eigenvalue weighted by atomic mass is 9.97. The fourth-order valence-corrected chi connectivity index (χ4v) is 1.65. The Bertz CT molecular complexity index is 662. The van der Waals surface area contributed by atoms with Gasteiger partial charge >= 0.3 is 5.97 Å². The van der Waals surface area contributed by atoms with Gasteiger partial charge in [-0.25, -0.2) is 0 Å². The number of rotatable bonds is 2. The fraction of sp³-hybridized carbons (Fsp3) is 0.333. The zero-order valence-electron chi connectivity index (χ0n) is 11.2. The molecule has 0 saturated heterocycles. The predicted molar refractivity (Wildman–Crippen MR) is 71.7 cm³/mol. The van der Waals surface area contributed by atoms with Crippen LogP contribution in [0.3, 0.4) is 0 Å². The van der Waals surface area contributed by atoms with Crippen molar-refractivity contribution < 1.29 is 13.9 Å². The molecule has 2 rings (SSSR count). The molecule has 4 heteroatoms. The summed E-state index contributed by atoms with van der Waals surface area (Å²) in [7, 11) is 0. The lowest BCUT2D eigenvalue weighted by molar-refractivity contribution is -0.154. The van der Waals surface area contributed by atoms with Gasteiger partial charge in [0, 0.05) is 11.6 Å². The highest BCUT2D eigenvalue weighted by atomic mass is 16.5. The van der Waals surface area contributed by atoms with Crippen LogP contribution in [0.5, 0.6) is 0 Å². The van der Waals surface area contributed by atoms with Gasteiger partial charge in [0.15, 0.2) is 5.43 Å². The van der Waals surface area contributed by atoms with Gasteiger partial charge in [-0.2, -0.15) is 0 Å². The van der Waals surface area contributed by atoms with E-state index in [9.17, 15) is 9.59 Å². The van der Waals surface area contributed by atoms with Gasteiger partial charge in [-0.3, -0.25) is 9.59 Å². The van der Waals surface area contributed by atoms with Crippen LogP contribution in [0.2, 0.25) is 0 Å². The van der Waals surface area contributed by atoms with Crippen molar-refractivity contribution in [1.82, 2.24) is 0 Å². The van der Waals surface area contributed by atoms with Gasteiger partial charge in [-0.1, -0.05) is 12.1 Å². The molecule has 0 amide bonds. The minimum Gasteiger partial charge on any atom is -0.464 e. The molecule has 0 fully saturated rings. The lowest BCUT2D eigenvalue weighted by Crippen LogP contribution is -2.22. The summed E-state index contributed by atoms with van der Waals surface area (Å²) in [4.78, 5) is 23.4. The van der Waals surface area contributed by atoms with Crippen molar-refractivity contribution in [2.75, 3.05) is 0 Å². The SMILES string of the molecule is CC(C)(C)C(=O)OCc1cccc2c(=O)ccoc12. The largest absolute Gasteiger partial charge is 0.464 e. The zero-order chi connectivity index (χ0) is 14.0. The molecule has 4 nitrogen and oxygen atoms in total. The van der Waals surface area contributed by atoms with Gasteiger partial charge in [-0.05, 0) is 26.8 Å². The third kappa shape index (κ3) is 2.84. The number of fused-ring (bicyclic) bond motifs is 1. The summed E-state index contributed by atoms with van der Waals surface area (Å²) in [5.41, 5.74) is 0.501. The number of carbonyl (C=O) groups is 1. The van der Waals surface area contributed by atoms with Gasteiger partial charge in [-0.15, -0.1) is 0 Å². The van der Waals surface area contributed by atoms with Gasteiger partial charge in [0.05, 0.1) is 17.1 Å². The van der Waals surface area contributed by atoms with Gasteiger partial charge in [0.25, 0.3) is 0 Å². The Morgan fingerprint density at radius 2 is 2.00 bits per heavy atom. The molecule has 19 heavy (non-hydrogen) atoms. The second-order valence-electron chi connectivity index (χ2n) is 5.40. The monoisotopic (exact) mass is 260 g/mol. The Morgan fingerprint density at radius 1 is 1.26 bits per heavy atom. The summed E-state index contributed by atoms with van der Waals surface area (Å²) in [6, 6.07) is 6.59. The van der Waals surface area contributed by atoms with Gasteiger partial charge in [0.2, 0.25) is 0 Å². The summed E-state index contributed by atoms with van der Waals surface area (Å²) >= 11 is 0. The van der Waals surface area contributed by atoms with Crippen molar-refractivity contribution >= 4 is 16.9 Å². The quantitative estimate of drug-likeness (QED) is 0.779. The minimum atomic E-state index is -0.550. The Labute approximate surface area is 111 Å². The molecule has 0 atom stereocenters. The van der Waals surface area contributed by atoms with E-state index in [0.717, 1.165) is 0 Å². The Morgan fingerprint density at radius 3 is 2.68 bits per heavy atom. The lowest BCUT2D eigenvalue weighted by Gasteiger charge is -2.16. The molecule has 0 aliphatic carbocycles. The van der Waals surface area contributed by atoms with Crippen LogP contribution in [0.15, 0.2) is 39.7 Å². The van der Waals surface area contributed by atoms with Crippen LogP contribution in [0.4, 0.5) is 0 Å². The summed E-state index contributed by atoms with van der Waals surface area (Å²) in [6.07, 6.45) is 1.35. The molecule has 0 aliphatic rings. The molecule has 0 bridgehead atoms. The zero-order valence-corrected chi connectivity index (χ0v) is 11.2. The Kier molecular flexibility index (Phi) is 3.42. The Hall–Kier alpha value is -2.10. The molecule has 0 N–H and O–H groups in total. The van der Waals surface area contributed by atoms with E-state index in [0.29, 0.717) is 16.5 Å². The van der Waals surface area contributed by atoms with E-state index in [-0.39, 0.29) is 18.0 Å². The maximum absolute atomic E-state index is 11.7. The first kappa shape index (κ1) is 13.3. The number of carbonyl (C=O) groups excluding carboxylic acids is 1. The first-order chi connectivity index (χ1) is 8.89. The maximum atomic E-state index is 11.7. The number of para-hydroxylation sites is 1. The standard InChI is InChI=1S/C15H16O4/c1-15(2,3)14(17)19-9-10-5-4-6-11-12(16)7-8-18-13(10)11/h4-8H,9H2,1-3H3. The predicted octanol–water partition coefficient (Wildman–Crippen LogP) is 2.88. The van der Waals surface area contributed by atoms with Crippen LogP contribution >= 0.6 is 0 Å². The number of hydrogen-bond acceptors (Lipinski definition) is 4. The molecular formula is C15H16O4. The van der Waals surface area contributed by atoms with Crippen molar-refractivity contribution in [2.45, 2.75) is 27.4 Å². The fourth-order valence-electron chi connectivity index (χ4n) is 1.65. The highest BCUT2D eigenvalue weighted by Crippen LogP contribution is 2.20. The van der Waals surface area contributed by atoms with Crippen LogP contribution < -0.4 is 5.43 Å². The molecular weight excluding hydrogens is 244 g/mol. The van der Waals surface area contributed by atoms with Crippen molar-refractivity contribution in [2.24, 2.45) is 5.41 Å². The van der Waals surface area contributed by atoms with Crippen molar-refractivity contribution in [3.63, 3.8) is 0 Å². The Balaban J connectivity index is 2.30. The molecule has 2 aromatic rings. The molecule has 100 valence electrons. The van der Waals surface area contributed by atoms with Crippen LogP contribution in [-0.2, 0) is 16.1 Å². The number of ether oxygens (including phenoxy) is 1. The van der Waals surface area contributed by atoms with E-state index in [2.05, 4.69) is 0 Å². The average molecular weight is 260 g/mol. The van der Waals surface area contributed by atoms with Crippen LogP contribution in [-0.4, -0.2) is 5.97 Å². The average Bonchev–Trinajstić information content (AvgIpc) is 2.35. The van der Waals surface area contributed by atoms with Gasteiger partial charge in [0.1, 0.15) is 12.2 Å². The second-order valence-corrected chi connectivity index (χ2v) is 5.40. The molecule has 0 unspecified atom stereocenters. The number of benzene rings is 1. The molecule has 1 aromatic heterocycles. The molecule has 0 aliphatic heterocycles. The first-order valence-corrected chi connectivity index (χ1v) is 6.06. The highest BCUT2D eigenvalue weighted by Gasteiger charge is 2.23. The summed E-state index contributed by atoms with van der Waals surface area (Å²) in [5.74, 6) is -0.289. The summed E-state index contributed by atoms with van der Waals surface area (Å²) in [6.45, 7) is 5.47. The normalized spacial score (nSPS) is 11.5. The van der Waals surface area contributed by atoms with Crippen LogP contribution in [0.1, 0.15) is 26.3 Å². The first-order valence-electron chi connectivity index (χ1n) is 6.06. The van der Waals surface area contributed by atoms with Crippen LogP contribution in [0.25, 0.3) is 11.0 Å². The minimum absolute atomic E-state index is 0.0976. The van der Waals surface area contributed by atoms with E-state index >= 15 is 0 Å². The third-order valence-electron chi connectivity index (χ3n) is 2.74. The van der Waals surface area contributed by atoms with Crippen molar-refractivity contribution in [3.8, 4) is 0 Å². The summed E-state index contributed by atoms with van der Waals surface area (Å²) in [5, 5.41) is 0.492. The number of hydrogen-bond donors (Lipinski definition) is 0. The van der Waals surface area contributed by atoms with E-state index in [1.165, 1.54) is 12.3 Å². The van der Waals surface area contributed by atoms with E-state index in [1.807, 2.05) is 0 Å². The maximum Gasteiger partial charge on any atom is 0.311 e. The van der Waals surface area contributed by atoms with Crippen LogP contribution in [0, 0.1) is 5.41 Å². The van der Waals surface area contributed by atoms with E-state index < -0.39 is 5.41 Å². The molecule has 1 heterocycles. The smallest absolute Gasteiger partial charge is 0.311 e. The number of esters is 1. The van der Waals surface area contributed by atoms with Crippen molar-refractivity contribution in [3.05, 3.63) is 46.3 Å². The molecule has 1 aromatic carbocycles. The molecule has 0 radical (unpaired) electrons. The molecule has 0 spiro atoms. The van der Waals surface area contributed by atoms with E-state index in [1.54, 1.807) is 39.0 Å². The van der Waals surface area contributed by atoms with E-state index in [4.69, 9.17) is 9.15 Å². The molecule has 0 saturated carbocycles. The van der Waals surface area contributed by atoms with Crippen molar-refractivity contribution in [1.29, 1.82) is 0 Å². The van der Waals surface area contributed by atoms with Gasteiger partial charge < -0.3 is 9.15 Å². The topological polar surface area (TPSA) is 56.5 Å². The summed E-state index contributed by atoms with van der Waals surface area (Å²) < 4.78 is 10.6. The third-order valence-corrected chi connectivity index (χ3v) is 2.74. The second kappa shape index (κ2) is 4.88.